The van der Waals surface area contributed by atoms with E-state index in [9.17, 15) is 15.2 Å². The molecule has 1 saturated heterocycles. The maximum atomic E-state index is 10.6. The molecule has 1 fully saturated rings. The Bertz CT molecular complexity index is 547. The van der Waals surface area contributed by atoms with Gasteiger partial charge in [-0.15, -0.1) is 24.0 Å². The summed E-state index contributed by atoms with van der Waals surface area (Å²) < 4.78 is 5.38. The molecule has 134 valence electrons. The number of nitrogens with zero attached hydrogens (tertiary/aromatic N) is 3. The van der Waals surface area contributed by atoms with E-state index in [0.29, 0.717) is 11.7 Å². The van der Waals surface area contributed by atoms with E-state index >= 15 is 0 Å². The highest BCUT2D eigenvalue weighted by molar-refractivity contribution is 14.0. The molecule has 1 unspecified atom stereocenters. The summed E-state index contributed by atoms with van der Waals surface area (Å²) in [5, 5.41) is 20.4. The Labute approximate surface area is 157 Å². The first kappa shape index (κ1) is 20.4. The molecule has 8 nitrogen and oxygen atoms in total. The van der Waals surface area contributed by atoms with Crippen molar-refractivity contribution in [3.63, 3.8) is 0 Å². The highest BCUT2D eigenvalue weighted by atomic mass is 127. The molecule has 0 saturated carbocycles. The fourth-order valence-corrected chi connectivity index (χ4v) is 2.33. The number of likely N-dealkylation sites (tertiary alicyclic amines) is 1. The summed E-state index contributed by atoms with van der Waals surface area (Å²) in [4.78, 5) is 16.3. The van der Waals surface area contributed by atoms with Crippen molar-refractivity contribution in [2.45, 2.75) is 25.4 Å². The highest BCUT2D eigenvalue weighted by Crippen LogP contribution is 2.17. The molecule has 2 rings (SSSR count). The number of hydrogen-bond acceptors (Lipinski definition) is 5. The summed E-state index contributed by atoms with van der Waals surface area (Å²) in [5.41, 5.74) is 5.91. The van der Waals surface area contributed by atoms with E-state index in [2.05, 4.69) is 4.99 Å². The van der Waals surface area contributed by atoms with E-state index in [0.717, 1.165) is 25.9 Å². The Balaban J connectivity index is 0.00000288. The molecule has 1 aromatic rings. The molecule has 1 atom stereocenters. The number of nitro benzene ring substituents is 1. The van der Waals surface area contributed by atoms with Gasteiger partial charge in [-0.1, -0.05) is 0 Å². The molecule has 9 heteroatoms. The predicted molar refractivity (Wildman–Crippen MR) is 102 cm³/mol. The van der Waals surface area contributed by atoms with Gasteiger partial charge in [0.15, 0.2) is 5.96 Å². The SMILES string of the molecule is I.NC(=NCC(O)COc1ccc([N+](=O)[O-])cc1)N1CCCCC1. The van der Waals surface area contributed by atoms with Crippen LogP contribution in [0.2, 0.25) is 0 Å². The topological polar surface area (TPSA) is 114 Å². The largest absolute Gasteiger partial charge is 0.491 e. The second-order valence-corrected chi connectivity index (χ2v) is 5.46. The fourth-order valence-electron chi connectivity index (χ4n) is 2.33. The average Bonchev–Trinajstić information content (AvgIpc) is 2.59. The quantitative estimate of drug-likeness (QED) is 0.225. The van der Waals surface area contributed by atoms with Gasteiger partial charge in [-0.3, -0.25) is 15.1 Å². The first-order valence-corrected chi connectivity index (χ1v) is 7.66. The Hall–Kier alpha value is -1.62. The number of hydrogen-bond donors (Lipinski definition) is 2. The van der Waals surface area contributed by atoms with Crippen molar-refractivity contribution in [1.82, 2.24) is 4.90 Å². The van der Waals surface area contributed by atoms with Crippen molar-refractivity contribution < 1.29 is 14.8 Å². The molecule has 1 aliphatic heterocycles. The Morgan fingerprint density at radius 1 is 1.33 bits per heavy atom. The Kier molecular flexibility index (Phi) is 8.76. The van der Waals surface area contributed by atoms with Gasteiger partial charge in [-0.05, 0) is 31.4 Å². The number of nitro groups is 1. The van der Waals surface area contributed by atoms with Crippen LogP contribution in [-0.2, 0) is 0 Å². The number of aliphatic imine (C=N–C) groups is 1. The standard InChI is InChI=1S/C15H22N4O4.HI/c16-15(18-8-2-1-3-9-18)17-10-13(20)11-23-14-6-4-12(5-7-14)19(21)22;/h4-7,13,20H,1-3,8-11H2,(H2,16,17);1H. The van der Waals surface area contributed by atoms with Crippen LogP contribution in [0, 0.1) is 10.1 Å². The lowest BCUT2D eigenvalue weighted by Gasteiger charge is -2.27. The molecule has 1 aliphatic rings. The molecule has 24 heavy (non-hydrogen) atoms. The molecule has 0 radical (unpaired) electrons. The monoisotopic (exact) mass is 450 g/mol. The maximum Gasteiger partial charge on any atom is 0.269 e. The normalized spacial score (nSPS) is 16.2. The van der Waals surface area contributed by atoms with Crippen molar-refractivity contribution in [1.29, 1.82) is 0 Å². The van der Waals surface area contributed by atoms with Crippen LogP contribution in [-0.4, -0.2) is 53.2 Å². The van der Waals surface area contributed by atoms with Crippen LogP contribution in [0.1, 0.15) is 19.3 Å². The second-order valence-electron chi connectivity index (χ2n) is 5.46. The first-order valence-electron chi connectivity index (χ1n) is 7.66. The van der Waals surface area contributed by atoms with Crippen LogP contribution in [0.4, 0.5) is 5.69 Å². The van der Waals surface area contributed by atoms with Crippen LogP contribution in [0.5, 0.6) is 5.75 Å². The third-order valence-corrected chi connectivity index (χ3v) is 3.63. The van der Waals surface area contributed by atoms with E-state index in [4.69, 9.17) is 10.5 Å². The summed E-state index contributed by atoms with van der Waals surface area (Å²) in [6.45, 7) is 2.03. The minimum Gasteiger partial charge on any atom is -0.491 e. The predicted octanol–water partition coefficient (Wildman–Crippen LogP) is 1.75. The van der Waals surface area contributed by atoms with Crippen molar-refractivity contribution in [3.05, 3.63) is 34.4 Å². The summed E-state index contributed by atoms with van der Waals surface area (Å²) in [6.07, 6.45) is 2.66. The minimum absolute atomic E-state index is 0. The molecule has 3 N–H and O–H groups in total. The zero-order valence-electron chi connectivity index (χ0n) is 13.3. The molecule has 0 amide bonds. The van der Waals surface area contributed by atoms with Gasteiger partial charge < -0.3 is 20.5 Å². The van der Waals surface area contributed by atoms with E-state index < -0.39 is 11.0 Å². The van der Waals surface area contributed by atoms with E-state index in [1.807, 2.05) is 4.90 Å². The third-order valence-electron chi connectivity index (χ3n) is 3.63. The molecular formula is C15H23IN4O4. The molecule has 0 spiro atoms. The minimum atomic E-state index is -0.784. The average molecular weight is 450 g/mol. The maximum absolute atomic E-state index is 10.6. The Morgan fingerprint density at radius 2 is 1.96 bits per heavy atom. The molecule has 0 aromatic heterocycles. The van der Waals surface area contributed by atoms with Crippen LogP contribution in [0.3, 0.4) is 0 Å². The number of guanidine groups is 1. The number of ether oxygens (including phenoxy) is 1. The lowest BCUT2D eigenvalue weighted by Crippen LogP contribution is -2.41. The molecular weight excluding hydrogens is 427 g/mol. The summed E-state index contributed by atoms with van der Waals surface area (Å²) >= 11 is 0. The zero-order valence-corrected chi connectivity index (χ0v) is 15.7. The van der Waals surface area contributed by atoms with Gasteiger partial charge in [0.05, 0.1) is 11.5 Å². The number of aliphatic hydroxyl groups excluding tert-OH is 1. The van der Waals surface area contributed by atoms with Gasteiger partial charge in [-0.25, -0.2) is 0 Å². The number of piperidine rings is 1. The van der Waals surface area contributed by atoms with Gasteiger partial charge in [0.2, 0.25) is 0 Å². The molecule has 1 aromatic carbocycles. The molecule has 1 heterocycles. The Morgan fingerprint density at radius 3 is 2.54 bits per heavy atom. The highest BCUT2D eigenvalue weighted by Gasteiger charge is 2.13. The number of aliphatic hydroxyl groups is 1. The number of halogens is 1. The number of nitrogens with two attached hydrogens (primary N) is 1. The summed E-state index contributed by atoms with van der Waals surface area (Å²) in [6, 6.07) is 5.70. The lowest BCUT2D eigenvalue weighted by molar-refractivity contribution is -0.384. The summed E-state index contributed by atoms with van der Waals surface area (Å²) in [7, 11) is 0. The first-order chi connectivity index (χ1) is 11.1. The van der Waals surface area contributed by atoms with Gasteiger partial charge >= 0.3 is 0 Å². The van der Waals surface area contributed by atoms with Gasteiger partial charge in [-0.2, -0.15) is 0 Å². The van der Waals surface area contributed by atoms with Crippen molar-refractivity contribution in [2.75, 3.05) is 26.2 Å². The van der Waals surface area contributed by atoms with E-state index in [1.165, 1.54) is 30.7 Å². The van der Waals surface area contributed by atoms with Crippen LogP contribution < -0.4 is 10.5 Å². The molecule has 0 bridgehead atoms. The van der Waals surface area contributed by atoms with Crippen molar-refractivity contribution in [3.8, 4) is 5.75 Å². The lowest BCUT2D eigenvalue weighted by atomic mass is 10.1. The van der Waals surface area contributed by atoms with Crippen molar-refractivity contribution >= 4 is 35.6 Å². The van der Waals surface area contributed by atoms with Gasteiger partial charge in [0.25, 0.3) is 5.69 Å². The fraction of sp³-hybridized carbons (Fsp3) is 0.533. The number of non-ortho nitro benzene ring substituents is 1. The van der Waals surface area contributed by atoms with Crippen molar-refractivity contribution in [2.24, 2.45) is 10.7 Å². The van der Waals surface area contributed by atoms with Crippen LogP contribution >= 0.6 is 24.0 Å². The third kappa shape index (κ3) is 6.48. The second kappa shape index (κ2) is 10.3. The smallest absolute Gasteiger partial charge is 0.269 e. The van der Waals surface area contributed by atoms with E-state index in [1.54, 1.807) is 0 Å². The van der Waals surface area contributed by atoms with Gasteiger partial charge in [0, 0.05) is 25.2 Å². The van der Waals surface area contributed by atoms with Crippen LogP contribution in [0.25, 0.3) is 0 Å². The van der Waals surface area contributed by atoms with Crippen LogP contribution in [0.15, 0.2) is 29.3 Å². The summed E-state index contributed by atoms with van der Waals surface area (Å²) in [5.74, 6) is 0.918. The van der Waals surface area contributed by atoms with E-state index in [-0.39, 0.29) is 42.8 Å². The number of rotatable bonds is 6. The molecule has 0 aliphatic carbocycles. The number of benzene rings is 1. The zero-order chi connectivity index (χ0) is 16.7. The van der Waals surface area contributed by atoms with Gasteiger partial charge in [0.1, 0.15) is 18.5 Å².